The topological polar surface area (TPSA) is 75.7 Å². The van der Waals surface area contributed by atoms with Crippen molar-refractivity contribution in [1.82, 2.24) is 0 Å². The van der Waals surface area contributed by atoms with Gasteiger partial charge in [-0.1, -0.05) is 26.0 Å². The van der Waals surface area contributed by atoms with Gasteiger partial charge >= 0.3 is 5.97 Å². The van der Waals surface area contributed by atoms with Crippen molar-refractivity contribution in [3.8, 4) is 0 Å². The molecule has 2 aromatic rings. The minimum atomic E-state index is -0.414. The second-order valence-electron chi connectivity index (χ2n) is 7.13. The molecular weight excluding hydrogens is 368 g/mol. The lowest BCUT2D eigenvalue weighted by Crippen LogP contribution is -2.28. The van der Waals surface area contributed by atoms with Gasteiger partial charge in [0.1, 0.15) is 0 Å². The molecule has 0 unspecified atom stereocenters. The lowest BCUT2D eigenvalue weighted by atomic mass is 10.1. The van der Waals surface area contributed by atoms with Gasteiger partial charge in [-0.15, -0.1) is 0 Å². The summed E-state index contributed by atoms with van der Waals surface area (Å²) < 4.78 is 5.09. The van der Waals surface area contributed by atoms with Crippen LogP contribution in [0.25, 0.3) is 0 Å². The molecule has 3 rings (SSSR count). The van der Waals surface area contributed by atoms with Crippen LogP contribution in [0.15, 0.2) is 48.5 Å². The summed E-state index contributed by atoms with van der Waals surface area (Å²) in [6.45, 7) is 4.75. The fourth-order valence-electron chi connectivity index (χ4n) is 3.26. The van der Waals surface area contributed by atoms with Crippen molar-refractivity contribution in [2.75, 3.05) is 23.4 Å². The first-order valence-corrected chi connectivity index (χ1v) is 9.99. The lowest BCUT2D eigenvalue weighted by Gasteiger charge is -2.17. The molecule has 2 aromatic carbocycles. The molecule has 0 aliphatic carbocycles. The fraction of sp³-hybridized carbons (Fsp3) is 0.348. The zero-order valence-electron chi connectivity index (χ0n) is 16.8. The smallest absolute Gasteiger partial charge is 0.338 e. The highest BCUT2D eigenvalue weighted by atomic mass is 16.5. The van der Waals surface area contributed by atoms with Gasteiger partial charge in [-0.3, -0.25) is 9.59 Å². The van der Waals surface area contributed by atoms with Crippen molar-refractivity contribution < 1.29 is 19.1 Å². The summed E-state index contributed by atoms with van der Waals surface area (Å²) in [5.41, 5.74) is 3.04. The maximum Gasteiger partial charge on any atom is 0.338 e. The van der Waals surface area contributed by atoms with Gasteiger partial charge in [0.15, 0.2) is 0 Å². The monoisotopic (exact) mass is 394 g/mol. The maximum atomic E-state index is 12.6. The van der Waals surface area contributed by atoms with Gasteiger partial charge < -0.3 is 15.0 Å². The molecule has 6 heteroatoms. The highest BCUT2D eigenvalue weighted by molar-refractivity contribution is 6.03. The Kier molecular flexibility index (Phi) is 6.65. The van der Waals surface area contributed by atoms with Gasteiger partial charge in [0, 0.05) is 24.3 Å². The van der Waals surface area contributed by atoms with E-state index in [1.54, 1.807) is 29.2 Å². The number of amides is 2. The van der Waals surface area contributed by atoms with E-state index in [4.69, 9.17) is 4.74 Å². The normalized spacial score (nSPS) is 16.0. The number of carbonyl (C=O) groups is 3. The molecule has 152 valence electrons. The van der Waals surface area contributed by atoms with E-state index in [9.17, 15) is 14.4 Å². The van der Waals surface area contributed by atoms with E-state index in [0.29, 0.717) is 24.4 Å². The van der Waals surface area contributed by atoms with E-state index >= 15 is 0 Å². The van der Waals surface area contributed by atoms with Crippen molar-refractivity contribution in [2.24, 2.45) is 5.92 Å². The molecule has 6 nitrogen and oxygen atoms in total. The molecule has 1 heterocycles. The van der Waals surface area contributed by atoms with Crippen molar-refractivity contribution >= 4 is 29.2 Å². The van der Waals surface area contributed by atoms with Crippen LogP contribution in [0.5, 0.6) is 0 Å². The number of rotatable bonds is 7. The van der Waals surface area contributed by atoms with Crippen molar-refractivity contribution in [3.05, 3.63) is 59.7 Å². The molecular formula is C23H26N2O4. The molecule has 2 amide bonds. The SMILES string of the molecule is CCCOC(=O)c1ccc(NC(=O)[C@@H]2CC(=O)N(c3ccc(CC)cc3)C2)cc1. The maximum absolute atomic E-state index is 12.6. The number of nitrogens with one attached hydrogen (secondary N) is 1. The Hall–Kier alpha value is -3.15. The van der Waals surface area contributed by atoms with Crippen LogP contribution in [0.4, 0.5) is 11.4 Å². The molecule has 29 heavy (non-hydrogen) atoms. The Balaban J connectivity index is 1.59. The van der Waals surface area contributed by atoms with Crippen molar-refractivity contribution in [1.29, 1.82) is 0 Å². The number of nitrogens with zero attached hydrogens (tertiary/aromatic N) is 1. The Bertz CT molecular complexity index is 875. The van der Waals surface area contributed by atoms with Crippen molar-refractivity contribution in [3.63, 3.8) is 0 Å². The highest BCUT2D eigenvalue weighted by Crippen LogP contribution is 2.26. The Labute approximate surface area is 170 Å². The summed E-state index contributed by atoms with van der Waals surface area (Å²) in [5.74, 6) is -1.05. The predicted molar refractivity (Wildman–Crippen MR) is 112 cm³/mol. The zero-order chi connectivity index (χ0) is 20.8. The van der Waals surface area contributed by atoms with Crippen LogP contribution in [-0.4, -0.2) is 30.9 Å². The van der Waals surface area contributed by atoms with Gasteiger partial charge in [0.2, 0.25) is 11.8 Å². The third kappa shape index (κ3) is 5.02. The highest BCUT2D eigenvalue weighted by Gasteiger charge is 2.35. The van der Waals surface area contributed by atoms with Crippen LogP contribution in [0.1, 0.15) is 42.6 Å². The van der Waals surface area contributed by atoms with E-state index in [-0.39, 0.29) is 24.2 Å². The quantitative estimate of drug-likeness (QED) is 0.725. The van der Waals surface area contributed by atoms with E-state index in [0.717, 1.165) is 18.5 Å². The van der Waals surface area contributed by atoms with E-state index in [1.807, 2.05) is 31.2 Å². The summed E-state index contributed by atoms with van der Waals surface area (Å²) >= 11 is 0. The van der Waals surface area contributed by atoms with Gasteiger partial charge in [0.25, 0.3) is 0 Å². The number of benzene rings is 2. The van der Waals surface area contributed by atoms with Gasteiger partial charge in [-0.2, -0.15) is 0 Å². The van der Waals surface area contributed by atoms with Crippen LogP contribution in [0.2, 0.25) is 0 Å². The van der Waals surface area contributed by atoms with Crippen LogP contribution in [0.3, 0.4) is 0 Å². The number of carbonyl (C=O) groups excluding carboxylic acids is 3. The summed E-state index contributed by atoms with van der Waals surface area (Å²) in [6, 6.07) is 14.4. The zero-order valence-corrected chi connectivity index (χ0v) is 16.8. The van der Waals surface area contributed by atoms with Crippen LogP contribution in [0, 0.1) is 5.92 Å². The van der Waals surface area contributed by atoms with Crippen LogP contribution in [-0.2, 0) is 20.7 Å². The van der Waals surface area contributed by atoms with E-state index < -0.39 is 5.92 Å². The van der Waals surface area contributed by atoms with Crippen LogP contribution >= 0.6 is 0 Å². The Morgan fingerprint density at radius 1 is 1.07 bits per heavy atom. The number of hydrogen-bond acceptors (Lipinski definition) is 4. The minimum Gasteiger partial charge on any atom is -0.462 e. The first-order valence-electron chi connectivity index (χ1n) is 9.99. The fourth-order valence-corrected chi connectivity index (χ4v) is 3.26. The molecule has 0 aromatic heterocycles. The lowest BCUT2D eigenvalue weighted by molar-refractivity contribution is -0.122. The number of anilines is 2. The molecule has 0 bridgehead atoms. The number of aryl methyl sites for hydroxylation is 1. The molecule has 1 aliphatic rings. The molecule has 1 fully saturated rings. The number of hydrogen-bond donors (Lipinski definition) is 1. The summed E-state index contributed by atoms with van der Waals surface area (Å²) in [6.07, 6.45) is 1.89. The molecule has 0 spiro atoms. The first-order chi connectivity index (χ1) is 14.0. The number of esters is 1. The standard InChI is InChI=1S/C23H26N2O4/c1-3-13-29-23(28)17-7-9-19(10-8-17)24-22(27)18-14-21(26)25(15-18)20-11-5-16(4-2)6-12-20/h5-12,18H,3-4,13-15H2,1-2H3,(H,24,27)/t18-/m1/s1. The second kappa shape index (κ2) is 9.37. The van der Waals surface area contributed by atoms with Gasteiger partial charge in [-0.05, 0) is 54.8 Å². The second-order valence-corrected chi connectivity index (χ2v) is 7.13. The van der Waals surface area contributed by atoms with Gasteiger partial charge in [-0.25, -0.2) is 4.79 Å². The molecule has 0 radical (unpaired) electrons. The largest absolute Gasteiger partial charge is 0.462 e. The Morgan fingerprint density at radius 3 is 2.38 bits per heavy atom. The third-order valence-corrected chi connectivity index (χ3v) is 4.98. The molecule has 1 aliphatic heterocycles. The van der Waals surface area contributed by atoms with Gasteiger partial charge in [0.05, 0.1) is 18.1 Å². The molecule has 0 saturated carbocycles. The average molecular weight is 394 g/mol. The van der Waals surface area contributed by atoms with E-state index in [2.05, 4.69) is 12.2 Å². The summed E-state index contributed by atoms with van der Waals surface area (Å²) in [5, 5.41) is 2.83. The molecule has 1 atom stereocenters. The predicted octanol–water partition coefficient (Wildman–Crippen LogP) is 3.81. The molecule has 1 saturated heterocycles. The summed E-state index contributed by atoms with van der Waals surface area (Å²) in [7, 11) is 0. The Morgan fingerprint density at radius 2 is 1.76 bits per heavy atom. The molecule has 1 N–H and O–H groups in total. The van der Waals surface area contributed by atoms with Crippen LogP contribution < -0.4 is 10.2 Å². The first kappa shape index (κ1) is 20.6. The number of ether oxygens (including phenoxy) is 1. The third-order valence-electron chi connectivity index (χ3n) is 4.98. The van der Waals surface area contributed by atoms with E-state index in [1.165, 1.54) is 5.56 Å². The van der Waals surface area contributed by atoms with Crippen molar-refractivity contribution in [2.45, 2.75) is 33.1 Å². The average Bonchev–Trinajstić information content (AvgIpc) is 3.14. The minimum absolute atomic E-state index is 0.0524. The summed E-state index contributed by atoms with van der Waals surface area (Å²) in [4.78, 5) is 38.5.